The SMILES string of the molecule is CC(C)C(=O)OCOC(=O)NC[C@H](F)CP(O)O. The lowest BCUT2D eigenvalue weighted by molar-refractivity contribution is -0.155. The van der Waals surface area contributed by atoms with E-state index in [0.717, 1.165) is 0 Å². The summed E-state index contributed by atoms with van der Waals surface area (Å²) in [4.78, 5) is 39.0. The van der Waals surface area contributed by atoms with Crippen molar-refractivity contribution >= 4 is 20.4 Å². The molecule has 0 unspecified atom stereocenters. The molecule has 0 aliphatic heterocycles. The van der Waals surface area contributed by atoms with Gasteiger partial charge in [0.2, 0.25) is 6.79 Å². The zero-order valence-corrected chi connectivity index (χ0v) is 11.0. The number of esters is 1. The summed E-state index contributed by atoms with van der Waals surface area (Å²) >= 11 is 0. The molecule has 106 valence electrons. The third kappa shape index (κ3) is 9.09. The van der Waals surface area contributed by atoms with Crippen molar-refractivity contribution in [3.05, 3.63) is 0 Å². The van der Waals surface area contributed by atoms with E-state index in [-0.39, 0.29) is 5.92 Å². The molecule has 0 bridgehead atoms. The summed E-state index contributed by atoms with van der Waals surface area (Å²) in [7, 11) is -2.33. The second-order valence-corrected chi connectivity index (χ2v) is 4.81. The Kier molecular flexibility index (Phi) is 8.53. The first-order valence-corrected chi connectivity index (χ1v) is 6.62. The Balaban J connectivity index is 3.63. The zero-order valence-electron chi connectivity index (χ0n) is 10.1. The minimum absolute atomic E-state index is 0.333. The van der Waals surface area contributed by atoms with Gasteiger partial charge >= 0.3 is 12.1 Å². The molecule has 0 aromatic rings. The first kappa shape index (κ1) is 17.0. The van der Waals surface area contributed by atoms with Gasteiger partial charge in [0, 0.05) is 0 Å². The van der Waals surface area contributed by atoms with Gasteiger partial charge in [-0.1, -0.05) is 13.8 Å². The summed E-state index contributed by atoms with van der Waals surface area (Å²) in [6, 6.07) is 0. The lowest BCUT2D eigenvalue weighted by atomic mass is 10.2. The van der Waals surface area contributed by atoms with Gasteiger partial charge in [-0.2, -0.15) is 0 Å². The minimum Gasteiger partial charge on any atom is -0.428 e. The van der Waals surface area contributed by atoms with E-state index in [9.17, 15) is 14.0 Å². The predicted octanol–water partition coefficient (Wildman–Crippen LogP) is 0.504. The average Bonchev–Trinajstić information content (AvgIpc) is 2.25. The molecule has 18 heavy (non-hydrogen) atoms. The van der Waals surface area contributed by atoms with E-state index in [1.807, 2.05) is 0 Å². The van der Waals surface area contributed by atoms with E-state index in [4.69, 9.17) is 9.79 Å². The fraction of sp³-hybridized carbons (Fsp3) is 0.778. The van der Waals surface area contributed by atoms with Gasteiger partial charge in [0.1, 0.15) is 6.17 Å². The maximum absolute atomic E-state index is 12.9. The van der Waals surface area contributed by atoms with Crippen molar-refractivity contribution in [1.82, 2.24) is 5.32 Å². The number of amides is 1. The van der Waals surface area contributed by atoms with Crippen LogP contribution in [0.5, 0.6) is 0 Å². The van der Waals surface area contributed by atoms with Crippen molar-refractivity contribution in [1.29, 1.82) is 0 Å². The third-order valence-electron chi connectivity index (χ3n) is 1.69. The molecule has 0 heterocycles. The van der Waals surface area contributed by atoms with Crippen LogP contribution in [0.1, 0.15) is 13.8 Å². The molecule has 3 N–H and O–H groups in total. The number of hydrogen-bond donors (Lipinski definition) is 3. The van der Waals surface area contributed by atoms with Gasteiger partial charge in [-0.15, -0.1) is 0 Å². The summed E-state index contributed by atoms with van der Waals surface area (Å²) in [5.74, 6) is -0.849. The lowest BCUT2D eigenvalue weighted by Gasteiger charge is -2.11. The van der Waals surface area contributed by atoms with Crippen molar-refractivity contribution in [2.75, 3.05) is 19.5 Å². The van der Waals surface area contributed by atoms with Gasteiger partial charge in [-0.25, -0.2) is 9.18 Å². The predicted molar refractivity (Wildman–Crippen MR) is 61.4 cm³/mol. The van der Waals surface area contributed by atoms with Crippen LogP contribution in [0, 0.1) is 5.92 Å². The van der Waals surface area contributed by atoms with E-state index >= 15 is 0 Å². The Labute approximate surface area is 105 Å². The molecule has 0 saturated heterocycles. The van der Waals surface area contributed by atoms with Gasteiger partial charge in [0.05, 0.1) is 18.6 Å². The average molecular weight is 285 g/mol. The number of nitrogens with one attached hydrogen (secondary N) is 1. The van der Waals surface area contributed by atoms with Gasteiger partial charge in [-0.3, -0.25) is 4.79 Å². The van der Waals surface area contributed by atoms with Crippen molar-refractivity contribution in [2.45, 2.75) is 20.0 Å². The smallest absolute Gasteiger partial charge is 0.410 e. The van der Waals surface area contributed by atoms with Crippen LogP contribution in [-0.4, -0.2) is 47.5 Å². The van der Waals surface area contributed by atoms with Crippen LogP contribution in [0.2, 0.25) is 0 Å². The Morgan fingerprint density at radius 3 is 2.44 bits per heavy atom. The van der Waals surface area contributed by atoms with Crippen LogP contribution >= 0.6 is 8.38 Å². The Bertz CT molecular complexity index is 276. The fourth-order valence-corrected chi connectivity index (χ4v) is 1.28. The van der Waals surface area contributed by atoms with E-state index in [0.29, 0.717) is 0 Å². The molecule has 1 atom stereocenters. The highest BCUT2D eigenvalue weighted by molar-refractivity contribution is 7.45. The minimum atomic E-state index is -2.33. The topological polar surface area (TPSA) is 105 Å². The summed E-state index contributed by atoms with van der Waals surface area (Å²) in [5.41, 5.74) is 0. The van der Waals surface area contributed by atoms with Crippen LogP contribution in [0.3, 0.4) is 0 Å². The molecular weight excluding hydrogens is 268 g/mol. The molecule has 0 fully saturated rings. The number of carbonyl (C=O) groups is 2. The van der Waals surface area contributed by atoms with Gasteiger partial charge in [0.25, 0.3) is 0 Å². The molecule has 0 saturated carbocycles. The Hall–Kier alpha value is -0.980. The highest BCUT2D eigenvalue weighted by Gasteiger charge is 2.14. The molecule has 0 aliphatic rings. The van der Waals surface area contributed by atoms with Crippen molar-refractivity contribution in [3.8, 4) is 0 Å². The van der Waals surface area contributed by atoms with Crippen molar-refractivity contribution < 1.29 is 33.2 Å². The van der Waals surface area contributed by atoms with Crippen LogP contribution in [0.4, 0.5) is 9.18 Å². The standard InChI is InChI=1S/C9H17FNO6P/c1-6(2)8(12)16-5-17-9(13)11-3-7(10)4-18(14)15/h6-7,14-15H,3-5H2,1-2H3,(H,11,13)/t7-/m0/s1. The molecule has 1 amide bonds. The van der Waals surface area contributed by atoms with Crippen molar-refractivity contribution in [3.63, 3.8) is 0 Å². The van der Waals surface area contributed by atoms with Crippen LogP contribution < -0.4 is 5.32 Å². The summed E-state index contributed by atoms with van der Waals surface area (Å²) in [6.07, 6.45) is -2.97. The maximum atomic E-state index is 12.9. The molecule has 0 aliphatic carbocycles. The number of rotatable bonds is 7. The molecule has 0 aromatic carbocycles. The normalized spacial score (nSPS) is 12.4. The maximum Gasteiger partial charge on any atom is 0.410 e. The molecule has 0 radical (unpaired) electrons. The zero-order chi connectivity index (χ0) is 14.1. The summed E-state index contributed by atoms with van der Waals surface area (Å²) in [5, 5.41) is 2.05. The molecular formula is C9H17FNO6P. The monoisotopic (exact) mass is 285 g/mol. The molecule has 7 nitrogen and oxygen atoms in total. The number of hydrogen-bond acceptors (Lipinski definition) is 6. The van der Waals surface area contributed by atoms with E-state index in [1.165, 1.54) is 0 Å². The fourth-order valence-electron chi connectivity index (χ4n) is 0.795. The quantitative estimate of drug-likeness (QED) is 0.357. The molecule has 9 heteroatoms. The van der Waals surface area contributed by atoms with E-state index in [2.05, 4.69) is 14.8 Å². The van der Waals surface area contributed by atoms with Gasteiger partial charge in [0.15, 0.2) is 8.38 Å². The largest absolute Gasteiger partial charge is 0.428 e. The lowest BCUT2D eigenvalue weighted by Crippen LogP contribution is -2.32. The number of halogens is 1. The van der Waals surface area contributed by atoms with Gasteiger partial charge < -0.3 is 24.6 Å². The second-order valence-electron chi connectivity index (χ2n) is 3.70. The number of ether oxygens (including phenoxy) is 2. The Morgan fingerprint density at radius 1 is 1.33 bits per heavy atom. The number of alkyl carbamates (subject to hydrolysis) is 1. The Morgan fingerprint density at radius 2 is 1.94 bits per heavy atom. The summed E-state index contributed by atoms with van der Waals surface area (Å²) < 4.78 is 21.9. The third-order valence-corrected chi connectivity index (χ3v) is 2.41. The van der Waals surface area contributed by atoms with E-state index in [1.54, 1.807) is 13.8 Å². The number of alkyl halides is 1. The summed E-state index contributed by atoms with van der Waals surface area (Å²) in [6.45, 7) is 2.29. The highest BCUT2D eigenvalue weighted by Crippen LogP contribution is 2.24. The van der Waals surface area contributed by atoms with Crippen LogP contribution in [0.15, 0.2) is 0 Å². The molecule has 0 aromatic heterocycles. The molecule has 0 spiro atoms. The second kappa shape index (κ2) is 9.02. The van der Waals surface area contributed by atoms with Crippen LogP contribution in [0.25, 0.3) is 0 Å². The first-order valence-electron chi connectivity index (χ1n) is 5.19. The van der Waals surface area contributed by atoms with Crippen LogP contribution in [-0.2, 0) is 14.3 Å². The highest BCUT2D eigenvalue weighted by atomic mass is 31.2. The molecule has 0 rings (SSSR count). The van der Waals surface area contributed by atoms with E-state index < -0.39 is 46.1 Å². The first-order chi connectivity index (χ1) is 8.32. The van der Waals surface area contributed by atoms with Crippen molar-refractivity contribution in [2.24, 2.45) is 5.92 Å². The number of carbonyl (C=O) groups excluding carboxylic acids is 2. The van der Waals surface area contributed by atoms with Gasteiger partial charge in [-0.05, 0) is 0 Å².